The fraction of sp³-hybridized carbons (Fsp3) is 0.321. The minimum atomic E-state index is -0.481. The number of fused-ring (bicyclic) bond motifs is 5. The van der Waals surface area contributed by atoms with Crippen molar-refractivity contribution in [3.8, 4) is 0 Å². The van der Waals surface area contributed by atoms with Crippen LogP contribution in [0.1, 0.15) is 128 Å². The number of hydrogen-bond donors (Lipinski definition) is 2. The summed E-state index contributed by atoms with van der Waals surface area (Å²) in [7, 11) is 2.80. The van der Waals surface area contributed by atoms with Crippen LogP contribution in [0, 0.1) is 0 Å². The molecule has 7 rings (SSSR count). The predicted molar refractivity (Wildman–Crippen MR) is 265 cm³/mol. The SMILES string of the molecule is COC(=O)/C=C/C1=C2C=CC(=N2)C(c2cc(C(C)(C)C)cc(C(C)(C)C)c2)=C2C=CC(=N2)/C(=C\C=C(/O)OC)c2ccc([nH]2)C(c2cc(C(C)(C)C)cc(C(C)(C)C)c2)=C2C=CC1=N2. The van der Waals surface area contributed by atoms with E-state index in [1.54, 1.807) is 6.08 Å². The Morgan fingerprint density at radius 3 is 1.55 bits per heavy atom. The highest BCUT2D eigenvalue weighted by molar-refractivity contribution is 6.35. The molecule has 2 N–H and O–H groups in total. The zero-order chi connectivity index (χ0) is 46.5. The number of aromatic amines is 1. The summed E-state index contributed by atoms with van der Waals surface area (Å²) >= 11 is 0. The summed E-state index contributed by atoms with van der Waals surface area (Å²) < 4.78 is 10.2. The Balaban J connectivity index is 1.60. The maximum absolute atomic E-state index is 12.7. The molecule has 64 heavy (non-hydrogen) atoms. The van der Waals surface area contributed by atoms with Gasteiger partial charge in [-0.25, -0.2) is 19.8 Å². The molecule has 0 radical (unpaired) electrons. The number of hydrogen-bond acceptors (Lipinski definition) is 7. The Kier molecular flexibility index (Phi) is 12.0. The maximum atomic E-state index is 12.7. The molecule has 0 spiro atoms. The number of rotatable bonds is 6. The third-order valence-electron chi connectivity index (χ3n) is 11.9. The predicted octanol–water partition coefficient (Wildman–Crippen LogP) is 12.8. The number of methoxy groups -OCH3 is 2. The van der Waals surface area contributed by atoms with Gasteiger partial charge in [0.2, 0.25) is 0 Å². The van der Waals surface area contributed by atoms with Gasteiger partial charge in [0.25, 0.3) is 5.95 Å². The van der Waals surface area contributed by atoms with Crippen molar-refractivity contribution in [1.82, 2.24) is 4.98 Å². The van der Waals surface area contributed by atoms with E-state index in [9.17, 15) is 9.90 Å². The summed E-state index contributed by atoms with van der Waals surface area (Å²) in [6.07, 6.45) is 18.6. The summed E-state index contributed by atoms with van der Waals surface area (Å²) in [4.78, 5) is 32.5. The lowest BCUT2D eigenvalue weighted by molar-refractivity contribution is -0.134. The number of benzene rings is 2. The summed E-state index contributed by atoms with van der Waals surface area (Å²) in [6.45, 7) is 26.8. The van der Waals surface area contributed by atoms with Crippen LogP contribution in [0.15, 0.2) is 153 Å². The average molecular weight is 855 g/mol. The minimum absolute atomic E-state index is 0.133. The fourth-order valence-electron chi connectivity index (χ4n) is 7.85. The number of carbonyl (C=O) groups excluding carboxylic acids is 1. The Morgan fingerprint density at radius 2 is 1.02 bits per heavy atom. The molecule has 0 saturated heterocycles. The van der Waals surface area contributed by atoms with E-state index in [2.05, 4.69) is 131 Å². The minimum Gasteiger partial charge on any atom is -0.481 e. The molecule has 0 fully saturated rings. The van der Waals surface area contributed by atoms with Gasteiger partial charge in [-0.05, 0) is 116 Å². The van der Waals surface area contributed by atoms with E-state index in [0.29, 0.717) is 22.7 Å². The number of esters is 1. The second-order valence-electron chi connectivity index (χ2n) is 20.8. The first-order valence-corrected chi connectivity index (χ1v) is 21.9. The van der Waals surface area contributed by atoms with E-state index >= 15 is 0 Å². The van der Waals surface area contributed by atoms with Crippen LogP contribution in [0.25, 0.3) is 16.7 Å². The molecule has 5 heterocycles. The van der Waals surface area contributed by atoms with Gasteiger partial charge < -0.3 is 19.6 Å². The van der Waals surface area contributed by atoms with Crippen LogP contribution >= 0.6 is 0 Å². The number of nitrogens with zero attached hydrogens (tertiary/aromatic N) is 3. The van der Waals surface area contributed by atoms with E-state index in [1.807, 2.05) is 48.6 Å². The van der Waals surface area contributed by atoms with Gasteiger partial charge in [-0.2, -0.15) is 0 Å². The standard InChI is InChI=1S/C56H62N4O4/c1-53(2,3)35-27-33(28-36(31-35)54(4,5)6)51-45-21-17-41(57-45)39(15-25-49(61)63-13)43-19-23-47(59-43)52(34-29-37(55(7,8)9)32-38(30-34)56(10,11)12)48-24-20-44(60-48)40(16-26-50(62)64-14)42-18-22-46(51)58-42/h15-32,57,61H,1-14H3/b26-16+,39-15-,44-40?,49-25+,51-46?,52-47?. The van der Waals surface area contributed by atoms with Crippen LogP contribution in [0.3, 0.4) is 0 Å². The molecule has 2 aromatic carbocycles. The molecular weight excluding hydrogens is 793 g/mol. The highest BCUT2D eigenvalue weighted by Gasteiger charge is 2.29. The number of aromatic nitrogens is 1. The molecule has 1 aromatic heterocycles. The van der Waals surface area contributed by atoms with E-state index in [4.69, 9.17) is 24.5 Å². The topological polar surface area (TPSA) is 109 Å². The Labute approximate surface area is 379 Å². The number of carbonyl (C=O) groups is 1. The summed E-state index contributed by atoms with van der Waals surface area (Å²) in [5.74, 6) is -0.708. The Hall–Kier alpha value is -6.54. The van der Waals surface area contributed by atoms with Crippen LogP contribution in [-0.2, 0) is 35.9 Å². The zero-order valence-electron chi connectivity index (χ0n) is 39.9. The van der Waals surface area contributed by atoms with Crippen molar-refractivity contribution in [3.63, 3.8) is 0 Å². The van der Waals surface area contributed by atoms with Gasteiger partial charge in [0.05, 0.1) is 48.4 Å². The van der Waals surface area contributed by atoms with Gasteiger partial charge in [-0.3, -0.25) is 0 Å². The quantitative estimate of drug-likeness (QED) is 0.146. The molecule has 0 amide bonds. The van der Waals surface area contributed by atoms with Crippen molar-refractivity contribution in [1.29, 1.82) is 0 Å². The Bertz CT molecular complexity index is 2760. The largest absolute Gasteiger partial charge is 0.481 e. The molecule has 8 bridgehead atoms. The average Bonchev–Trinajstić information content (AvgIpc) is 4.07. The maximum Gasteiger partial charge on any atom is 0.330 e. The molecule has 8 heteroatoms. The van der Waals surface area contributed by atoms with Gasteiger partial charge in [-0.1, -0.05) is 119 Å². The highest BCUT2D eigenvalue weighted by Crippen LogP contribution is 2.41. The van der Waals surface area contributed by atoms with Crippen molar-refractivity contribution in [3.05, 3.63) is 183 Å². The number of nitrogens with one attached hydrogen (secondary N) is 1. The second-order valence-corrected chi connectivity index (χ2v) is 20.8. The first kappa shape index (κ1) is 45.5. The number of allylic oxidation sites excluding steroid dienone is 12. The summed E-state index contributed by atoms with van der Waals surface area (Å²) in [6, 6.07) is 17.8. The van der Waals surface area contributed by atoms with Crippen LogP contribution in [0.2, 0.25) is 0 Å². The summed E-state index contributed by atoms with van der Waals surface area (Å²) in [5.41, 5.74) is 15.3. The first-order valence-electron chi connectivity index (χ1n) is 21.9. The fourth-order valence-corrected chi connectivity index (χ4v) is 7.85. The molecule has 0 saturated carbocycles. The number of aliphatic hydroxyl groups excluding tert-OH is 1. The third-order valence-corrected chi connectivity index (χ3v) is 11.9. The van der Waals surface area contributed by atoms with E-state index in [1.165, 1.54) is 48.6 Å². The van der Waals surface area contributed by atoms with Gasteiger partial charge in [0.1, 0.15) is 0 Å². The zero-order valence-corrected chi connectivity index (χ0v) is 39.9. The van der Waals surface area contributed by atoms with E-state index in [-0.39, 0.29) is 27.6 Å². The molecule has 8 nitrogen and oxygen atoms in total. The number of aliphatic hydroxyl groups is 1. The smallest absolute Gasteiger partial charge is 0.330 e. The molecule has 330 valence electrons. The Morgan fingerprint density at radius 1 is 0.562 bits per heavy atom. The third kappa shape index (κ3) is 9.52. The molecule has 0 unspecified atom stereocenters. The van der Waals surface area contributed by atoms with Gasteiger partial charge in [0, 0.05) is 45.8 Å². The van der Waals surface area contributed by atoms with Crippen LogP contribution in [0.5, 0.6) is 0 Å². The van der Waals surface area contributed by atoms with Crippen LogP contribution < -0.4 is 0 Å². The van der Waals surface area contributed by atoms with Gasteiger partial charge >= 0.3 is 5.97 Å². The van der Waals surface area contributed by atoms with E-state index in [0.717, 1.165) is 56.3 Å². The molecule has 0 aliphatic carbocycles. The monoisotopic (exact) mass is 854 g/mol. The van der Waals surface area contributed by atoms with Crippen molar-refractivity contribution >= 4 is 39.8 Å². The highest BCUT2D eigenvalue weighted by atomic mass is 16.6. The van der Waals surface area contributed by atoms with Gasteiger partial charge in [-0.15, -0.1) is 0 Å². The van der Waals surface area contributed by atoms with Crippen molar-refractivity contribution < 1.29 is 19.4 Å². The normalized spacial score (nSPS) is 17.6. The molecule has 3 aromatic rings. The van der Waals surface area contributed by atoms with Crippen LogP contribution in [-0.4, -0.2) is 47.4 Å². The molecule has 0 atom stereocenters. The number of H-pyrrole nitrogens is 1. The molecular formula is C56H62N4O4. The summed E-state index contributed by atoms with van der Waals surface area (Å²) in [5, 5.41) is 10.5. The van der Waals surface area contributed by atoms with Crippen molar-refractivity contribution in [2.45, 2.75) is 105 Å². The number of ether oxygens (including phenoxy) is 2. The molecule has 4 aliphatic rings. The van der Waals surface area contributed by atoms with Crippen LogP contribution in [0.4, 0.5) is 0 Å². The lowest BCUT2D eigenvalue weighted by Crippen LogP contribution is -2.17. The van der Waals surface area contributed by atoms with Gasteiger partial charge in [0.15, 0.2) is 0 Å². The second kappa shape index (κ2) is 16.9. The lowest BCUT2D eigenvalue weighted by Gasteiger charge is -2.27. The van der Waals surface area contributed by atoms with E-state index < -0.39 is 5.97 Å². The van der Waals surface area contributed by atoms with Crippen molar-refractivity contribution in [2.75, 3.05) is 14.2 Å². The molecule has 4 aliphatic heterocycles. The van der Waals surface area contributed by atoms with Crippen molar-refractivity contribution in [2.24, 2.45) is 15.0 Å². The first-order chi connectivity index (χ1) is 29.9. The lowest BCUT2D eigenvalue weighted by atomic mass is 9.78. The number of aliphatic imine (C=N–C) groups is 3.